The second-order valence-electron chi connectivity index (χ2n) is 5.55. The van der Waals surface area contributed by atoms with Crippen LogP contribution in [0.4, 0.5) is 4.39 Å². The highest BCUT2D eigenvalue weighted by Gasteiger charge is 2.19. The zero-order valence-corrected chi connectivity index (χ0v) is 17.1. The van der Waals surface area contributed by atoms with Gasteiger partial charge in [0.25, 0.3) is 0 Å². The second-order valence-corrected chi connectivity index (χ2v) is 9.26. The van der Waals surface area contributed by atoms with Crippen LogP contribution in [0.15, 0.2) is 39.0 Å². The molecule has 1 aromatic carbocycles. The lowest BCUT2D eigenvalue weighted by molar-refractivity contribution is 0.102. The third-order valence-electron chi connectivity index (χ3n) is 3.81. The van der Waals surface area contributed by atoms with Gasteiger partial charge in [0.1, 0.15) is 5.82 Å². The minimum atomic E-state index is -0.308. The van der Waals surface area contributed by atoms with Crippen LogP contribution in [0.1, 0.15) is 28.7 Å². The Bertz CT molecular complexity index is 936. The van der Waals surface area contributed by atoms with E-state index < -0.39 is 0 Å². The van der Waals surface area contributed by atoms with Gasteiger partial charge < -0.3 is 4.57 Å². The van der Waals surface area contributed by atoms with E-state index in [9.17, 15) is 9.18 Å². The number of benzene rings is 1. The number of para-hydroxylation sites is 1. The summed E-state index contributed by atoms with van der Waals surface area (Å²) in [4.78, 5) is 12.7. The van der Waals surface area contributed by atoms with E-state index in [1.54, 1.807) is 34.5 Å². The summed E-state index contributed by atoms with van der Waals surface area (Å²) < 4.78 is 17.6. The molecule has 136 valence electrons. The number of halogens is 1. The molecule has 0 amide bonds. The Morgan fingerprint density at radius 1 is 1.19 bits per heavy atom. The van der Waals surface area contributed by atoms with E-state index >= 15 is 0 Å². The van der Waals surface area contributed by atoms with E-state index in [0.29, 0.717) is 11.3 Å². The molecular weight excluding hydrogens is 389 g/mol. The Hall–Kier alpha value is -1.64. The lowest BCUT2D eigenvalue weighted by Crippen LogP contribution is -2.06. The summed E-state index contributed by atoms with van der Waals surface area (Å²) in [6.45, 7) is 5.79. The van der Waals surface area contributed by atoms with Crippen molar-refractivity contribution in [2.24, 2.45) is 0 Å². The van der Waals surface area contributed by atoms with Gasteiger partial charge in [-0.25, -0.2) is 4.39 Å². The molecule has 0 saturated heterocycles. The molecule has 3 rings (SSSR count). The number of hydrogen-bond acceptors (Lipinski definition) is 6. The monoisotopic (exact) mass is 407 g/mol. The molecule has 0 aliphatic carbocycles. The fraction of sp³-hybridized carbons (Fsp3) is 0.278. The fourth-order valence-electron chi connectivity index (χ4n) is 2.69. The van der Waals surface area contributed by atoms with Gasteiger partial charge in [-0.15, -0.1) is 10.2 Å². The van der Waals surface area contributed by atoms with Crippen molar-refractivity contribution < 1.29 is 9.18 Å². The number of carbonyl (C=O) groups is 1. The van der Waals surface area contributed by atoms with Crippen molar-refractivity contribution in [2.45, 2.75) is 29.5 Å². The maximum absolute atomic E-state index is 14.2. The van der Waals surface area contributed by atoms with Crippen LogP contribution in [-0.2, 0) is 0 Å². The summed E-state index contributed by atoms with van der Waals surface area (Å²) in [6, 6.07) is 8.40. The molecular formula is C18H18FN3OS3. The molecule has 26 heavy (non-hydrogen) atoms. The molecule has 0 unspecified atom stereocenters. The average Bonchev–Trinajstić information content (AvgIpc) is 3.18. The molecule has 8 heteroatoms. The standard InChI is InChI=1S/C18H18FN3OS3/c1-4-24-17-20-21-18(26-17)25-10-16(23)13-9-11(2)22(12(13)3)15-8-6-5-7-14(15)19/h5-9H,4,10H2,1-3H3. The van der Waals surface area contributed by atoms with Gasteiger partial charge in [-0.3, -0.25) is 4.79 Å². The van der Waals surface area contributed by atoms with Gasteiger partial charge in [0.15, 0.2) is 14.5 Å². The number of rotatable bonds is 7. The first-order chi connectivity index (χ1) is 12.5. The second kappa shape index (κ2) is 8.37. The van der Waals surface area contributed by atoms with Gasteiger partial charge in [-0.1, -0.05) is 53.9 Å². The number of hydrogen-bond donors (Lipinski definition) is 0. The largest absolute Gasteiger partial charge is 0.315 e. The van der Waals surface area contributed by atoms with Crippen molar-refractivity contribution in [2.75, 3.05) is 11.5 Å². The molecule has 0 atom stereocenters. The van der Waals surface area contributed by atoms with E-state index in [-0.39, 0.29) is 17.4 Å². The quantitative estimate of drug-likeness (QED) is 0.399. The summed E-state index contributed by atoms with van der Waals surface area (Å²) in [5.74, 6) is 0.927. The highest BCUT2D eigenvalue weighted by molar-refractivity contribution is 8.03. The molecule has 2 heterocycles. The van der Waals surface area contributed by atoms with Gasteiger partial charge in [-0.2, -0.15) is 0 Å². The van der Waals surface area contributed by atoms with Gasteiger partial charge in [0.2, 0.25) is 0 Å². The van der Waals surface area contributed by atoms with Crippen LogP contribution in [0.25, 0.3) is 5.69 Å². The van der Waals surface area contributed by atoms with Crippen LogP contribution in [0.3, 0.4) is 0 Å². The average molecular weight is 408 g/mol. The first-order valence-electron chi connectivity index (χ1n) is 8.07. The first-order valence-corrected chi connectivity index (χ1v) is 10.9. The maximum atomic E-state index is 14.2. The molecule has 0 bridgehead atoms. The number of nitrogens with zero attached hydrogens (tertiary/aromatic N) is 3. The minimum absolute atomic E-state index is 0.00517. The fourth-order valence-corrected chi connectivity index (χ4v) is 5.49. The van der Waals surface area contributed by atoms with Crippen molar-refractivity contribution in [1.29, 1.82) is 0 Å². The molecule has 0 aliphatic rings. The van der Waals surface area contributed by atoms with Crippen molar-refractivity contribution in [3.05, 3.63) is 53.1 Å². The van der Waals surface area contributed by atoms with Gasteiger partial charge in [-0.05, 0) is 37.8 Å². The van der Waals surface area contributed by atoms with Crippen molar-refractivity contribution >= 4 is 40.6 Å². The molecule has 0 fully saturated rings. The minimum Gasteiger partial charge on any atom is -0.315 e. The molecule has 0 radical (unpaired) electrons. The molecule has 0 spiro atoms. The van der Waals surface area contributed by atoms with Crippen LogP contribution in [0.5, 0.6) is 0 Å². The normalized spacial score (nSPS) is 11.1. The number of carbonyl (C=O) groups excluding carboxylic acids is 1. The molecule has 0 N–H and O–H groups in total. The van der Waals surface area contributed by atoms with Crippen LogP contribution in [0.2, 0.25) is 0 Å². The Kier molecular flexibility index (Phi) is 6.16. The van der Waals surface area contributed by atoms with Crippen LogP contribution >= 0.6 is 34.9 Å². The number of aryl methyl sites for hydroxylation is 1. The highest BCUT2D eigenvalue weighted by atomic mass is 32.2. The van der Waals surface area contributed by atoms with Crippen molar-refractivity contribution in [3.8, 4) is 5.69 Å². The summed E-state index contributed by atoms with van der Waals surface area (Å²) in [5, 5.41) is 8.20. The van der Waals surface area contributed by atoms with E-state index in [4.69, 9.17) is 0 Å². The predicted octanol–water partition coefficient (Wildman–Crippen LogP) is 5.17. The lowest BCUT2D eigenvalue weighted by Gasteiger charge is -2.10. The topological polar surface area (TPSA) is 47.8 Å². The van der Waals surface area contributed by atoms with Gasteiger partial charge >= 0.3 is 0 Å². The summed E-state index contributed by atoms with van der Waals surface area (Å²) in [6.07, 6.45) is 0. The number of aromatic nitrogens is 3. The summed E-state index contributed by atoms with van der Waals surface area (Å²) in [7, 11) is 0. The maximum Gasteiger partial charge on any atom is 0.175 e. The Morgan fingerprint density at radius 3 is 2.58 bits per heavy atom. The first kappa shape index (κ1) is 19.1. The third kappa shape index (κ3) is 4.02. The summed E-state index contributed by atoms with van der Waals surface area (Å²) >= 11 is 4.54. The summed E-state index contributed by atoms with van der Waals surface area (Å²) in [5.41, 5.74) is 2.65. The molecule has 4 nitrogen and oxygen atoms in total. The number of Topliss-reactive ketones (excluding diaryl/α,β-unsaturated/α-hetero) is 1. The van der Waals surface area contributed by atoms with E-state index in [1.807, 2.05) is 19.9 Å². The Balaban J connectivity index is 1.78. The molecule has 0 aliphatic heterocycles. The van der Waals surface area contributed by atoms with Crippen LogP contribution in [0, 0.1) is 19.7 Å². The highest BCUT2D eigenvalue weighted by Crippen LogP contribution is 2.30. The third-order valence-corrected chi connectivity index (χ3v) is 6.88. The zero-order valence-electron chi connectivity index (χ0n) is 14.7. The van der Waals surface area contributed by atoms with E-state index in [0.717, 1.165) is 25.8 Å². The lowest BCUT2D eigenvalue weighted by atomic mass is 10.2. The Labute approximate surface area is 164 Å². The zero-order chi connectivity index (χ0) is 18.7. The van der Waals surface area contributed by atoms with Crippen LogP contribution < -0.4 is 0 Å². The molecule has 3 aromatic rings. The predicted molar refractivity (Wildman–Crippen MR) is 107 cm³/mol. The van der Waals surface area contributed by atoms with Gasteiger partial charge in [0, 0.05) is 17.0 Å². The smallest absolute Gasteiger partial charge is 0.175 e. The van der Waals surface area contributed by atoms with Gasteiger partial charge in [0.05, 0.1) is 11.4 Å². The number of thioether (sulfide) groups is 2. The Morgan fingerprint density at radius 2 is 1.88 bits per heavy atom. The molecule has 0 saturated carbocycles. The SMILES string of the molecule is CCSc1nnc(SCC(=O)c2cc(C)n(-c3ccccc3F)c2C)s1. The molecule has 2 aromatic heterocycles. The van der Waals surface area contributed by atoms with Crippen LogP contribution in [-0.4, -0.2) is 32.1 Å². The van der Waals surface area contributed by atoms with Crippen molar-refractivity contribution in [1.82, 2.24) is 14.8 Å². The van der Waals surface area contributed by atoms with Crippen molar-refractivity contribution in [3.63, 3.8) is 0 Å². The number of ketones is 1. The van der Waals surface area contributed by atoms with E-state index in [1.165, 1.54) is 29.2 Å². The van der Waals surface area contributed by atoms with E-state index in [2.05, 4.69) is 17.1 Å².